The molecule has 0 aliphatic carbocycles. The zero-order valence-electron chi connectivity index (χ0n) is 13.4. The third-order valence-electron chi connectivity index (χ3n) is 3.64. The zero-order valence-corrected chi connectivity index (χ0v) is 14.1. The molecule has 3 aromatic rings. The van der Waals surface area contributed by atoms with Crippen LogP contribution in [0, 0.1) is 0 Å². The molecule has 3 rings (SSSR count). The molecule has 0 unspecified atom stereocenters. The molecule has 26 heavy (non-hydrogen) atoms. The Hall–Kier alpha value is -2.93. The fourth-order valence-electron chi connectivity index (χ4n) is 2.43. The van der Waals surface area contributed by atoms with Crippen molar-refractivity contribution < 1.29 is 18.3 Å². The quantitative estimate of drug-likeness (QED) is 0.674. The number of hydrogen-bond acceptors (Lipinski definition) is 3. The first-order chi connectivity index (χ1) is 12.5. The SMILES string of the molecule is O=C(NCc1ccccc1OC(F)F)c1cn[nH]c1-c1ccc(Cl)cc1. The molecule has 0 radical (unpaired) electrons. The maximum atomic E-state index is 12.5. The van der Waals surface area contributed by atoms with Crippen molar-refractivity contribution in [1.82, 2.24) is 15.5 Å². The topological polar surface area (TPSA) is 67.0 Å². The second kappa shape index (κ2) is 7.97. The number of carbonyl (C=O) groups is 1. The lowest BCUT2D eigenvalue weighted by Gasteiger charge is -2.11. The third kappa shape index (κ3) is 4.18. The first kappa shape index (κ1) is 17.9. The number of amides is 1. The number of alkyl halides is 2. The summed E-state index contributed by atoms with van der Waals surface area (Å²) in [5, 5.41) is 9.96. The van der Waals surface area contributed by atoms with Gasteiger partial charge in [0.05, 0.1) is 17.5 Å². The number of halogens is 3. The monoisotopic (exact) mass is 377 g/mol. The Morgan fingerprint density at radius 3 is 2.65 bits per heavy atom. The lowest BCUT2D eigenvalue weighted by Crippen LogP contribution is -2.23. The predicted octanol–water partition coefficient (Wildman–Crippen LogP) is 4.26. The standard InChI is InChI=1S/C18H14ClF2N3O2/c19-13-7-5-11(6-8-13)16-14(10-23-24-16)17(25)22-9-12-3-1-2-4-15(12)26-18(20)21/h1-8,10,18H,9H2,(H,22,25)(H,23,24). The number of benzene rings is 2. The van der Waals surface area contributed by atoms with E-state index in [4.69, 9.17) is 11.6 Å². The molecule has 0 spiro atoms. The molecule has 0 fully saturated rings. The van der Waals surface area contributed by atoms with E-state index in [0.717, 1.165) is 5.56 Å². The number of para-hydroxylation sites is 1. The third-order valence-corrected chi connectivity index (χ3v) is 3.90. The van der Waals surface area contributed by atoms with Gasteiger partial charge in [-0.1, -0.05) is 41.9 Å². The average Bonchev–Trinajstić information content (AvgIpc) is 3.11. The van der Waals surface area contributed by atoms with Gasteiger partial charge in [-0.15, -0.1) is 0 Å². The van der Waals surface area contributed by atoms with Gasteiger partial charge in [0.1, 0.15) is 5.75 Å². The van der Waals surface area contributed by atoms with E-state index in [2.05, 4.69) is 20.3 Å². The lowest BCUT2D eigenvalue weighted by molar-refractivity contribution is -0.0504. The summed E-state index contributed by atoms with van der Waals surface area (Å²) < 4.78 is 29.4. The van der Waals surface area contributed by atoms with E-state index in [-0.39, 0.29) is 12.3 Å². The highest BCUT2D eigenvalue weighted by atomic mass is 35.5. The van der Waals surface area contributed by atoms with Crippen LogP contribution in [0.1, 0.15) is 15.9 Å². The molecule has 1 heterocycles. The normalized spacial score (nSPS) is 10.8. The summed E-state index contributed by atoms with van der Waals surface area (Å²) >= 11 is 5.87. The smallest absolute Gasteiger partial charge is 0.387 e. The van der Waals surface area contributed by atoms with Crippen LogP contribution < -0.4 is 10.1 Å². The summed E-state index contributed by atoms with van der Waals surface area (Å²) in [4.78, 5) is 12.5. The van der Waals surface area contributed by atoms with Gasteiger partial charge in [-0.25, -0.2) is 0 Å². The van der Waals surface area contributed by atoms with Crippen molar-refractivity contribution in [2.24, 2.45) is 0 Å². The lowest BCUT2D eigenvalue weighted by atomic mass is 10.1. The molecule has 0 saturated heterocycles. The van der Waals surface area contributed by atoms with Crippen LogP contribution in [0.5, 0.6) is 5.75 Å². The van der Waals surface area contributed by atoms with Crippen molar-refractivity contribution >= 4 is 17.5 Å². The highest BCUT2D eigenvalue weighted by molar-refractivity contribution is 6.30. The molecule has 0 aliphatic rings. The van der Waals surface area contributed by atoms with Gasteiger partial charge in [0.15, 0.2) is 0 Å². The van der Waals surface area contributed by atoms with Crippen molar-refractivity contribution in [3.05, 3.63) is 70.9 Å². The summed E-state index contributed by atoms with van der Waals surface area (Å²) in [6, 6.07) is 13.2. The van der Waals surface area contributed by atoms with Crippen LogP contribution in [0.3, 0.4) is 0 Å². The van der Waals surface area contributed by atoms with Gasteiger partial charge in [-0.2, -0.15) is 13.9 Å². The summed E-state index contributed by atoms with van der Waals surface area (Å²) in [6.07, 6.45) is 1.40. The fourth-order valence-corrected chi connectivity index (χ4v) is 2.55. The van der Waals surface area contributed by atoms with Crippen molar-refractivity contribution in [1.29, 1.82) is 0 Å². The van der Waals surface area contributed by atoms with Gasteiger partial charge >= 0.3 is 6.61 Å². The van der Waals surface area contributed by atoms with E-state index in [1.54, 1.807) is 42.5 Å². The Morgan fingerprint density at radius 2 is 1.92 bits per heavy atom. The second-order valence-electron chi connectivity index (χ2n) is 5.33. The van der Waals surface area contributed by atoms with Gasteiger partial charge in [0, 0.05) is 22.7 Å². The molecular formula is C18H14ClF2N3O2. The molecule has 134 valence electrons. The first-order valence-corrected chi connectivity index (χ1v) is 8.02. The Kier molecular flexibility index (Phi) is 5.48. The van der Waals surface area contributed by atoms with Crippen LogP contribution in [0.2, 0.25) is 5.02 Å². The number of aromatic amines is 1. The fraction of sp³-hybridized carbons (Fsp3) is 0.111. The van der Waals surface area contributed by atoms with Crippen LogP contribution in [0.25, 0.3) is 11.3 Å². The maximum absolute atomic E-state index is 12.5. The second-order valence-corrected chi connectivity index (χ2v) is 5.77. The van der Waals surface area contributed by atoms with E-state index in [1.165, 1.54) is 12.3 Å². The molecule has 1 aromatic heterocycles. The highest BCUT2D eigenvalue weighted by Gasteiger charge is 2.16. The Bertz CT molecular complexity index is 897. The van der Waals surface area contributed by atoms with Crippen molar-refractivity contribution in [3.8, 4) is 17.0 Å². The summed E-state index contributed by atoms with van der Waals surface area (Å²) in [7, 11) is 0. The van der Waals surface area contributed by atoms with Crippen LogP contribution in [0.15, 0.2) is 54.7 Å². The van der Waals surface area contributed by atoms with Crippen molar-refractivity contribution in [3.63, 3.8) is 0 Å². The van der Waals surface area contributed by atoms with Gasteiger partial charge in [-0.3, -0.25) is 9.89 Å². The van der Waals surface area contributed by atoms with Crippen LogP contribution in [-0.2, 0) is 6.54 Å². The van der Waals surface area contributed by atoms with Crippen LogP contribution in [-0.4, -0.2) is 22.7 Å². The number of rotatable bonds is 6. The molecule has 0 atom stereocenters. The number of nitrogens with one attached hydrogen (secondary N) is 2. The van der Waals surface area contributed by atoms with Crippen LogP contribution in [0.4, 0.5) is 8.78 Å². The molecular weight excluding hydrogens is 364 g/mol. The molecule has 2 aromatic carbocycles. The summed E-state index contributed by atoms with van der Waals surface area (Å²) in [5.41, 5.74) is 2.06. The molecule has 0 bridgehead atoms. The summed E-state index contributed by atoms with van der Waals surface area (Å²) in [6.45, 7) is -2.90. The number of aromatic nitrogens is 2. The Labute approximate surface area is 152 Å². The molecule has 5 nitrogen and oxygen atoms in total. The van der Waals surface area contributed by atoms with E-state index < -0.39 is 12.5 Å². The van der Waals surface area contributed by atoms with Crippen LogP contribution >= 0.6 is 11.6 Å². The largest absolute Gasteiger partial charge is 0.434 e. The summed E-state index contributed by atoms with van der Waals surface area (Å²) in [5.74, 6) is -0.372. The van der Waals surface area contributed by atoms with Gasteiger partial charge in [-0.05, 0) is 18.2 Å². The number of ether oxygens (including phenoxy) is 1. The molecule has 2 N–H and O–H groups in total. The van der Waals surface area contributed by atoms with Crippen molar-refractivity contribution in [2.45, 2.75) is 13.2 Å². The number of H-pyrrole nitrogens is 1. The maximum Gasteiger partial charge on any atom is 0.387 e. The van der Waals surface area contributed by atoms with Gasteiger partial charge < -0.3 is 10.1 Å². The Morgan fingerprint density at radius 1 is 1.19 bits per heavy atom. The van der Waals surface area contributed by atoms with E-state index in [9.17, 15) is 13.6 Å². The zero-order chi connectivity index (χ0) is 18.5. The minimum Gasteiger partial charge on any atom is -0.434 e. The Balaban J connectivity index is 1.74. The molecule has 1 amide bonds. The predicted molar refractivity (Wildman–Crippen MR) is 93.3 cm³/mol. The number of hydrogen-bond donors (Lipinski definition) is 2. The minimum absolute atomic E-state index is 0.0212. The highest BCUT2D eigenvalue weighted by Crippen LogP contribution is 2.24. The van der Waals surface area contributed by atoms with Gasteiger partial charge in [0.2, 0.25) is 0 Å². The molecule has 8 heteroatoms. The van der Waals surface area contributed by atoms with E-state index in [0.29, 0.717) is 21.8 Å². The molecule has 0 aliphatic heterocycles. The average molecular weight is 378 g/mol. The van der Waals surface area contributed by atoms with E-state index in [1.807, 2.05) is 0 Å². The molecule has 0 saturated carbocycles. The number of carbonyl (C=O) groups excluding carboxylic acids is 1. The first-order valence-electron chi connectivity index (χ1n) is 7.65. The van der Waals surface area contributed by atoms with E-state index >= 15 is 0 Å². The minimum atomic E-state index is -2.93. The number of nitrogens with zero attached hydrogens (tertiary/aromatic N) is 1. The van der Waals surface area contributed by atoms with Gasteiger partial charge in [0.25, 0.3) is 5.91 Å². The van der Waals surface area contributed by atoms with Crippen molar-refractivity contribution in [2.75, 3.05) is 0 Å².